The van der Waals surface area contributed by atoms with Gasteiger partial charge >= 0.3 is 11.8 Å². The topological polar surface area (TPSA) is 79.8 Å². The van der Waals surface area contributed by atoms with Crippen LogP contribution in [0.3, 0.4) is 0 Å². The van der Waals surface area contributed by atoms with E-state index in [1.165, 1.54) is 6.21 Å². The quantitative estimate of drug-likeness (QED) is 0.456. The summed E-state index contributed by atoms with van der Waals surface area (Å²) in [5.41, 5.74) is 5.00. The predicted octanol–water partition coefficient (Wildman–Crippen LogP) is 2.55. The van der Waals surface area contributed by atoms with Gasteiger partial charge in [0.05, 0.1) is 12.8 Å². The van der Waals surface area contributed by atoms with E-state index in [9.17, 15) is 9.59 Å². The first-order valence-electron chi connectivity index (χ1n) is 8.48. The second-order valence-electron chi connectivity index (χ2n) is 5.75. The van der Waals surface area contributed by atoms with Crippen molar-refractivity contribution in [1.82, 2.24) is 10.7 Å². The molecule has 0 aliphatic rings. The summed E-state index contributed by atoms with van der Waals surface area (Å²) in [6.07, 6.45) is 2.35. The van der Waals surface area contributed by atoms with Crippen molar-refractivity contribution in [3.05, 3.63) is 65.2 Å². The summed E-state index contributed by atoms with van der Waals surface area (Å²) in [7, 11) is 0. The Bertz CT molecular complexity index is 770. The zero-order chi connectivity index (χ0) is 18.8. The Hall–Kier alpha value is -3.15. The minimum atomic E-state index is -0.819. The SMILES string of the molecule is CCCOc1ccccc1/C=N\NC(=O)C(=O)NCc1ccc(C)cc1. The Morgan fingerprint density at radius 1 is 1.08 bits per heavy atom. The van der Waals surface area contributed by atoms with Crippen molar-refractivity contribution in [2.75, 3.05) is 6.61 Å². The smallest absolute Gasteiger partial charge is 0.329 e. The van der Waals surface area contributed by atoms with E-state index < -0.39 is 11.8 Å². The van der Waals surface area contributed by atoms with E-state index in [4.69, 9.17) is 4.74 Å². The molecule has 0 aliphatic heterocycles. The predicted molar refractivity (Wildman–Crippen MR) is 101 cm³/mol. The first-order chi connectivity index (χ1) is 12.6. The fourth-order valence-electron chi connectivity index (χ4n) is 2.11. The minimum Gasteiger partial charge on any atom is -0.493 e. The van der Waals surface area contributed by atoms with Gasteiger partial charge in [0.15, 0.2) is 0 Å². The van der Waals surface area contributed by atoms with Crippen molar-refractivity contribution in [2.45, 2.75) is 26.8 Å². The third-order valence-electron chi connectivity index (χ3n) is 3.53. The molecule has 2 amide bonds. The number of hydrogen-bond donors (Lipinski definition) is 2. The molecule has 2 rings (SSSR count). The molecule has 0 spiro atoms. The van der Waals surface area contributed by atoms with Gasteiger partial charge in [0.2, 0.25) is 0 Å². The lowest BCUT2D eigenvalue weighted by molar-refractivity contribution is -0.139. The average Bonchev–Trinajstić information content (AvgIpc) is 2.66. The Balaban J connectivity index is 1.84. The van der Waals surface area contributed by atoms with E-state index in [0.717, 1.165) is 23.1 Å². The van der Waals surface area contributed by atoms with Gasteiger partial charge in [-0.2, -0.15) is 5.10 Å². The van der Waals surface area contributed by atoms with E-state index in [1.807, 2.05) is 62.4 Å². The molecule has 2 aromatic carbocycles. The molecule has 6 nitrogen and oxygen atoms in total. The average molecular weight is 353 g/mol. The number of rotatable bonds is 7. The highest BCUT2D eigenvalue weighted by Crippen LogP contribution is 2.15. The van der Waals surface area contributed by atoms with Crippen LogP contribution in [0.5, 0.6) is 5.75 Å². The van der Waals surface area contributed by atoms with Gasteiger partial charge in [0, 0.05) is 12.1 Å². The van der Waals surface area contributed by atoms with E-state index in [1.54, 1.807) is 0 Å². The van der Waals surface area contributed by atoms with Crippen molar-refractivity contribution in [2.24, 2.45) is 5.10 Å². The van der Waals surface area contributed by atoms with Gasteiger partial charge in [0.1, 0.15) is 5.75 Å². The summed E-state index contributed by atoms with van der Waals surface area (Å²) in [4.78, 5) is 23.6. The zero-order valence-electron chi connectivity index (χ0n) is 15.0. The second-order valence-corrected chi connectivity index (χ2v) is 5.75. The van der Waals surface area contributed by atoms with Gasteiger partial charge in [0.25, 0.3) is 0 Å². The molecule has 0 unspecified atom stereocenters. The zero-order valence-corrected chi connectivity index (χ0v) is 15.0. The number of para-hydroxylation sites is 1. The number of nitrogens with zero attached hydrogens (tertiary/aromatic N) is 1. The molecule has 0 atom stereocenters. The van der Waals surface area contributed by atoms with Crippen LogP contribution in [-0.4, -0.2) is 24.6 Å². The monoisotopic (exact) mass is 353 g/mol. The molecule has 136 valence electrons. The number of carbonyl (C=O) groups is 2. The van der Waals surface area contributed by atoms with Crippen molar-refractivity contribution < 1.29 is 14.3 Å². The standard InChI is InChI=1S/C20H23N3O3/c1-3-12-26-18-7-5-4-6-17(18)14-22-23-20(25)19(24)21-13-16-10-8-15(2)9-11-16/h4-11,14H,3,12-13H2,1-2H3,(H,21,24)(H,23,25)/b22-14-. The first-order valence-corrected chi connectivity index (χ1v) is 8.48. The van der Waals surface area contributed by atoms with Crippen LogP contribution >= 0.6 is 0 Å². The molecule has 2 aromatic rings. The van der Waals surface area contributed by atoms with E-state index in [2.05, 4.69) is 15.8 Å². The normalized spacial score (nSPS) is 10.5. The Morgan fingerprint density at radius 3 is 2.54 bits per heavy atom. The van der Waals surface area contributed by atoms with Crippen LogP contribution in [0.1, 0.15) is 30.0 Å². The van der Waals surface area contributed by atoms with E-state index >= 15 is 0 Å². The summed E-state index contributed by atoms with van der Waals surface area (Å²) in [6.45, 7) is 4.88. The first kappa shape index (κ1) is 19.2. The number of nitrogens with one attached hydrogen (secondary N) is 2. The van der Waals surface area contributed by atoms with Gasteiger partial charge < -0.3 is 10.1 Å². The number of aryl methyl sites for hydroxylation is 1. The molecule has 0 aliphatic carbocycles. The van der Waals surface area contributed by atoms with E-state index in [0.29, 0.717) is 12.4 Å². The maximum absolute atomic E-state index is 11.8. The maximum atomic E-state index is 11.8. The van der Waals surface area contributed by atoms with Crippen molar-refractivity contribution in [1.29, 1.82) is 0 Å². The van der Waals surface area contributed by atoms with Crippen LogP contribution in [0.2, 0.25) is 0 Å². The van der Waals surface area contributed by atoms with Gasteiger partial charge in [-0.15, -0.1) is 0 Å². The van der Waals surface area contributed by atoms with Crippen molar-refractivity contribution in [3.8, 4) is 5.75 Å². The van der Waals surface area contributed by atoms with Crippen molar-refractivity contribution >= 4 is 18.0 Å². The number of benzene rings is 2. The summed E-state index contributed by atoms with van der Waals surface area (Å²) < 4.78 is 5.60. The third-order valence-corrected chi connectivity index (χ3v) is 3.53. The number of hydrazone groups is 1. The summed E-state index contributed by atoms with van der Waals surface area (Å²) in [5.74, 6) is -0.880. The molecule has 0 radical (unpaired) electrons. The lowest BCUT2D eigenvalue weighted by Crippen LogP contribution is -2.37. The number of ether oxygens (including phenoxy) is 1. The van der Waals surface area contributed by atoms with Gasteiger partial charge in [-0.3, -0.25) is 9.59 Å². The largest absolute Gasteiger partial charge is 0.493 e. The number of carbonyl (C=O) groups excluding carboxylic acids is 2. The highest BCUT2D eigenvalue weighted by Gasteiger charge is 2.12. The summed E-state index contributed by atoms with van der Waals surface area (Å²) in [6, 6.07) is 15.0. The van der Waals surface area contributed by atoms with Crippen molar-refractivity contribution in [3.63, 3.8) is 0 Å². The molecule has 6 heteroatoms. The fourth-order valence-corrected chi connectivity index (χ4v) is 2.11. The van der Waals surface area contributed by atoms with Crippen LogP contribution < -0.4 is 15.5 Å². The molecule has 0 saturated carbocycles. The highest BCUT2D eigenvalue weighted by molar-refractivity contribution is 6.35. The molecule has 2 N–H and O–H groups in total. The molecule has 26 heavy (non-hydrogen) atoms. The molecule has 0 aromatic heterocycles. The Kier molecular flexibility index (Phi) is 7.36. The molecule has 0 heterocycles. The lowest BCUT2D eigenvalue weighted by atomic mass is 10.1. The summed E-state index contributed by atoms with van der Waals surface area (Å²) in [5, 5.41) is 6.39. The van der Waals surface area contributed by atoms with Gasteiger partial charge in [-0.1, -0.05) is 48.9 Å². The second kappa shape index (κ2) is 9.98. The molecule has 0 bridgehead atoms. The molecular weight excluding hydrogens is 330 g/mol. The minimum absolute atomic E-state index is 0.282. The van der Waals surface area contributed by atoms with Gasteiger partial charge in [-0.05, 0) is 31.0 Å². The third kappa shape index (κ3) is 6.05. The maximum Gasteiger partial charge on any atom is 0.329 e. The Labute approximate surface area is 153 Å². The highest BCUT2D eigenvalue weighted by atomic mass is 16.5. The fraction of sp³-hybridized carbons (Fsp3) is 0.250. The Morgan fingerprint density at radius 2 is 1.81 bits per heavy atom. The van der Waals surface area contributed by atoms with Crippen LogP contribution in [0.15, 0.2) is 53.6 Å². The van der Waals surface area contributed by atoms with Crippen LogP contribution in [0.25, 0.3) is 0 Å². The van der Waals surface area contributed by atoms with Crippen LogP contribution in [0.4, 0.5) is 0 Å². The van der Waals surface area contributed by atoms with E-state index in [-0.39, 0.29) is 6.54 Å². The molecular formula is C20H23N3O3. The number of hydrogen-bond acceptors (Lipinski definition) is 4. The van der Waals surface area contributed by atoms with Gasteiger partial charge in [-0.25, -0.2) is 5.43 Å². The van der Waals surface area contributed by atoms with Crippen LogP contribution in [0, 0.1) is 6.92 Å². The lowest BCUT2D eigenvalue weighted by Gasteiger charge is -2.07. The van der Waals surface area contributed by atoms with Crippen LogP contribution in [-0.2, 0) is 16.1 Å². The number of amides is 2. The molecule has 0 saturated heterocycles. The summed E-state index contributed by atoms with van der Waals surface area (Å²) >= 11 is 0. The molecule has 0 fully saturated rings.